The molecule has 1 aromatic heterocycles. The lowest BCUT2D eigenvalue weighted by Gasteiger charge is -2.29. The van der Waals surface area contributed by atoms with E-state index in [2.05, 4.69) is 22.3 Å². The number of carbonyl (C=O) groups is 2. The van der Waals surface area contributed by atoms with Crippen LogP contribution in [0.2, 0.25) is 0 Å². The van der Waals surface area contributed by atoms with Crippen molar-refractivity contribution in [3.8, 4) is 0 Å². The third-order valence-electron chi connectivity index (χ3n) is 5.30. The molecule has 2 heterocycles. The van der Waals surface area contributed by atoms with Crippen LogP contribution in [0, 0.1) is 12.8 Å². The van der Waals surface area contributed by atoms with Crippen LogP contribution in [0.5, 0.6) is 0 Å². The maximum Gasteiger partial charge on any atom is 0.245 e. The first-order chi connectivity index (χ1) is 14.0. The van der Waals surface area contributed by atoms with Gasteiger partial charge in [-0.05, 0) is 26.2 Å². The van der Waals surface area contributed by atoms with Gasteiger partial charge in [-0.25, -0.2) is 0 Å². The Morgan fingerprint density at radius 1 is 1.28 bits per heavy atom. The van der Waals surface area contributed by atoms with Crippen molar-refractivity contribution in [2.75, 3.05) is 51.3 Å². The van der Waals surface area contributed by atoms with E-state index in [1.54, 1.807) is 17.9 Å². The number of ether oxygens (including phenoxy) is 1. The van der Waals surface area contributed by atoms with Crippen LogP contribution in [-0.2, 0) is 14.3 Å². The summed E-state index contributed by atoms with van der Waals surface area (Å²) in [7, 11) is 0. The highest BCUT2D eigenvalue weighted by Crippen LogP contribution is 2.17. The first-order valence-corrected chi connectivity index (χ1v) is 10.9. The molecule has 1 aliphatic heterocycles. The van der Waals surface area contributed by atoms with Crippen molar-refractivity contribution in [2.24, 2.45) is 5.92 Å². The summed E-state index contributed by atoms with van der Waals surface area (Å²) >= 11 is 0. The van der Waals surface area contributed by atoms with Crippen LogP contribution in [0.15, 0.2) is 10.6 Å². The van der Waals surface area contributed by atoms with E-state index in [0.29, 0.717) is 18.1 Å². The van der Waals surface area contributed by atoms with Crippen LogP contribution in [0.1, 0.15) is 51.7 Å². The van der Waals surface area contributed by atoms with Crippen molar-refractivity contribution in [1.82, 2.24) is 15.0 Å². The van der Waals surface area contributed by atoms with Crippen molar-refractivity contribution < 1.29 is 18.8 Å². The molecule has 8 heteroatoms. The lowest BCUT2D eigenvalue weighted by atomic mass is 9.97. The van der Waals surface area contributed by atoms with Gasteiger partial charge in [-0.15, -0.1) is 0 Å². The quantitative estimate of drug-likeness (QED) is 0.572. The molecule has 0 radical (unpaired) electrons. The fourth-order valence-corrected chi connectivity index (χ4v) is 3.57. The summed E-state index contributed by atoms with van der Waals surface area (Å²) in [5.74, 6) is 0.814. The normalized spacial score (nSPS) is 15.8. The van der Waals surface area contributed by atoms with Crippen molar-refractivity contribution in [3.05, 3.63) is 11.8 Å². The summed E-state index contributed by atoms with van der Waals surface area (Å²) in [4.78, 5) is 29.7. The molecule has 0 bridgehead atoms. The number of morpholine rings is 1. The molecule has 0 saturated carbocycles. The molecule has 0 aromatic carbocycles. The van der Waals surface area contributed by atoms with Gasteiger partial charge in [0.05, 0.1) is 19.8 Å². The summed E-state index contributed by atoms with van der Waals surface area (Å²) in [5.41, 5.74) is 0. The first-order valence-electron chi connectivity index (χ1n) is 10.9. The molecule has 1 N–H and O–H groups in total. The van der Waals surface area contributed by atoms with Gasteiger partial charge in [-0.1, -0.05) is 31.8 Å². The highest BCUT2D eigenvalue weighted by atomic mass is 16.5. The molecule has 1 saturated heterocycles. The molecule has 164 valence electrons. The van der Waals surface area contributed by atoms with Gasteiger partial charge in [-0.3, -0.25) is 14.5 Å². The molecule has 2 rings (SSSR count). The molecular weight excluding hydrogens is 372 g/mol. The minimum Gasteiger partial charge on any atom is -0.379 e. The zero-order valence-electron chi connectivity index (χ0n) is 18.1. The van der Waals surface area contributed by atoms with E-state index in [1.165, 1.54) is 0 Å². The zero-order chi connectivity index (χ0) is 21.1. The maximum absolute atomic E-state index is 13.1. The molecule has 0 unspecified atom stereocenters. The van der Waals surface area contributed by atoms with E-state index in [4.69, 9.17) is 9.26 Å². The largest absolute Gasteiger partial charge is 0.379 e. The fraction of sp³-hybridized carbons (Fsp3) is 0.762. The Bertz CT molecular complexity index is 628. The van der Waals surface area contributed by atoms with Gasteiger partial charge in [-0.2, -0.15) is 0 Å². The third kappa shape index (κ3) is 8.14. The molecular formula is C21H36N4O4. The highest BCUT2D eigenvalue weighted by molar-refractivity contribution is 5.94. The smallest absolute Gasteiger partial charge is 0.245 e. The van der Waals surface area contributed by atoms with Crippen LogP contribution >= 0.6 is 0 Å². The Labute approximate surface area is 173 Å². The Hall–Kier alpha value is -1.93. The predicted molar refractivity (Wildman–Crippen MR) is 112 cm³/mol. The SMILES string of the molecule is CCCC[C@@H](CC)C(=O)N(CCCN1CCOCC1)CC(=O)Nc1cc(C)on1. The number of hydrogen-bond donors (Lipinski definition) is 1. The van der Waals surface area contributed by atoms with Crippen molar-refractivity contribution in [1.29, 1.82) is 0 Å². The summed E-state index contributed by atoms with van der Waals surface area (Å²) in [5, 5.41) is 6.52. The third-order valence-corrected chi connectivity index (χ3v) is 5.30. The summed E-state index contributed by atoms with van der Waals surface area (Å²) < 4.78 is 10.4. The van der Waals surface area contributed by atoms with Gasteiger partial charge in [0.1, 0.15) is 5.76 Å². The number of aryl methyl sites for hydroxylation is 1. The molecule has 2 amide bonds. The summed E-state index contributed by atoms with van der Waals surface area (Å²) in [6.45, 7) is 10.8. The first kappa shape index (κ1) is 23.3. The van der Waals surface area contributed by atoms with Crippen LogP contribution in [0.3, 0.4) is 0 Å². The maximum atomic E-state index is 13.1. The number of anilines is 1. The molecule has 29 heavy (non-hydrogen) atoms. The average molecular weight is 409 g/mol. The standard InChI is InChI=1S/C21H36N4O4/c1-4-6-8-18(5-2)21(27)25(10-7-9-24-11-13-28-14-12-24)16-20(26)22-19-15-17(3)29-23-19/h15,18H,4-14,16H2,1-3H3,(H,22,23,26)/t18-/m1/s1. The van der Waals surface area contributed by atoms with E-state index < -0.39 is 0 Å². The second-order valence-electron chi connectivity index (χ2n) is 7.69. The van der Waals surface area contributed by atoms with Crippen LogP contribution in [0.25, 0.3) is 0 Å². The summed E-state index contributed by atoms with van der Waals surface area (Å²) in [6.07, 6.45) is 4.59. The predicted octanol–water partition coefficient (Wildman–Crippen LogP) is 2.69. The van der Waals surface area contributed by atoms with Gasteiger partial charge in [0, 0.05) is 38.2 Å². The topological polar surface area (TPSA) is 87.9 Å². The minimum atomic E-state index is -0.247. The van der Waals surface area contributed by atoms with E-state index in [0.717, 1.165) is 65.0 Å². The molecule has 0 aliphatic carbocycles. The van der Waals surface area contributed by atoms with E-state index >= 15 is 0 Å². The molecule has 0 spiro atoms. The Balaban J connectivity index is 1.94. The van der Waals surface area contributed by atoms with Crippen molar-refractivity contribution in [2.45, 2.75) is 52.9 Å². The molecule has 1 fully saturated rings. The monoisotopic (exact) mass is 408 g/mol. The number of nitrogens with zero attached hydrogens (tertiary/aromatic N) is 3. The summed E-state index contributed by atoms with van der Waals surface area (Å²) in [6, 6.07) is 1.67. The van der Waals surface area contributed by atoms with Crippen LogP contribution < -0.4 is 5.32 Å². The van der Waals surface area contributed by atoms with Gasteiger partial charge in [0.25, 0.3) is 0 Å². The van der Waals surface area contributed by atoms with Gasteiger partial charge < -0.3 is 19.5 Å². The van der Waals surface area contributed by atoms with Crippen molar-refractivity contribution in [3.63, 3.8) is 0 Å². The van der Waals surface area contributed by atoms with Gasteiger partial charge in [0.2, 0.25) is 11.8 Å². The van der Waals surface area contributed by atoms with Gasteiger partial charge in [0.15, 0.2) is 5.82 Å². The molecule has 1 aliphatic rings. The second-order valence-corrected chi connectivity index (χ2v) is 7.69. The van der Waals surface area contributed by atoms with E-state index in [9.17, 15) is 9.59 Å². The number of amides is 2. The van der Waals surface area contributed by atoms with Crippen molar-refractivity contribution >= 4 is 17.6 Å². The number of unbranched alkanes of at least 4 members (excludes halogenated alkanes) is 1. The van der Waals surface area contributed by atoms with Crippen LogP contribution in [0.4, 0.5) is 5.82 Å². The minimum absolute atomic E-state index is 0.0274. The second kappa shape index (κ2) is 12.6. The molecule has 1 atom stereocenters. The van der Waals surface area contributed by atoms with E-state index in [-0.39, 0.29) is 24.3 Å². The number of rotatable bonds is 12. The molecule has 8 nitrogen and oxygen atoms in total. The average Bonchev–Trinajstić information content (AvgIpc) is 3.12. The van der Waals surface area contributed by atoms with Gasteiger partial charge >= 0.3 is 0 Å². The fourth-order valence-electron chi connectivity index (χ4n) is 3.57. The lowest BCUT2D eigenvalue weighted by Crippen LogP contribution is -2.43. The zero-order valence-corrected chi connectivity index (χ0v) is 18.1. The number of aromatic nitrogens is 1. The lowest BCUT2D eigenvalue weighted by molar-refractivity contribution is -0.138. The van der Waals surface area contributed by atoms with Crippen LogP contribution in [-0.4, -0.2) is 72.7 Å². The molecule has 1 aromatic rings. The highest BCUT2D eigenvalue weighted by Gasteiger charge is 2.25. The number of nitrogens with one attached hydrogen (secondary N) is 1. The number of hydrogen-bond acceptors (Lipinski definition) is 6. The van der Waals surface area contributed by atoms with E-state index in [1.807, 2.05) is 6.92 Å². The number of carbonyl (C=O) groups excluding carboxylic acids is 2. The Kier molecular flexibility index (Phi) is 10.1. The Morgan fingerprint density at radius 3 is 2.66 bits per heavy atom. The Morgan fingerprint density at radius 2 is 2.03 bits per heavy atom.